The highest BCUT2D eigenvalue weighted by molar-refractivity contribution is 5.91. The third kappa shape index (κ3) is 2.11. The van der Waals surface area contributed by atoms with Crippen molar-refractivity contribution in [3.05, 3.63) is 12.2 Å². The van der Waals surface area contributed by atoms with Crippen molar-refractivity contribution in [1.82, 2.24) is 4.90 Å². The van der Waals surface area contributed by atoms with Crippen LogP contribution in [0.5, 0.6) is 0 Å². The van der Waals surface area contributed by atoms with Gasteiger partial charge in [0.15, 0.2) is 0 Å². The average molecular weight is 199 g/mol. The number of amides is 1. The smallest absolute Gasteiger partial charge is 0.326 e. The summed E-state index contributed by atoms with van der Waals surface area (Å²) < 4.78 is 0. The molecule has 0 aromatic heterocycles. The lowest BCUT2D eigenvalue weighted by molar-refractivity contribution is -0.146. The Hall–Kier alpha value is -1.36. The molecule has 5 heteroatoms. The molecule has 1 amide bonds. The second-order valence-electron chi connectivity index (χ2n) is 3.23. The third-order valence-corrected chi connectivity index (χ3v) is 2.16. The van der Waals surface area contributed by atoms with E-state index < -0.39 is 18.1 Å². The Labute approximate surface area is 81.6 Å². The van der Waals surface area contributed by atoms with Crippen LogP contribution in [0.1, 0.15) is 13.3 Å². The molecular formula is C9H13NO4. The topological polar surface area (TPSA) is 77.8 Å². The van der Waals surface area contributed by atoms with Gasteiger partial charge < -0.3 is 15.1 Å². The van der Waals surface area contributed by atoms with Crippen molar-refractivity contribution in [3.63, 3.8) is 0 Å². The minimum atomic E-state index is -1.07. The summed E-state index contributed by atoms with van der Waals surface area (Å²) in [5, 5.41) is 18.0. The van der Waals surface area contributed by atoms with Gasteiger partial charge in [-0.3, -0.25) is 4.79 Å². The number of rotatable bonds is 2. The van der Waals surface area contributed by atoms with E-state index in [2.05, 4.69) is 0 Å². The number of β-amino-alcohol motifs (C(OH)–C–C–N with tert-alkyl or cyclic N) is 1. The Bertz CT molecular complexity index is 274. The van der Waals surface area contributed by atoms with Crippen LogP contribution in [0.2, 0.25) is 0 Å². The standard InChI is InChI=1S/C9H13NO4/c1-2-3-8(12)10-5-6(11)4-7(10)9(13)14/h2-3,6-7,11H,4-5H2,1H3,(H,13,14)/b3-2+. The van der Waals surface area contributed by atoms with E-state index in [0.717, 1.165) is 0 Å². The molecule has 1 rings (SSSR count). The SMILES string of the molecule is C/C=C/C(=O)N1CC(O)CC1C(=O)O. The van der Waals surface area contributed by atoms with E-state index in [1.807, 2.05) is 0 Å². The van der Waals surface area contributed by atoms with E-state index in [4.69, 9.17) is 5.11 Å². The molecule has 0 saturated carbocycles. The molecule has 1 aliphatic rings. The fourth-order valence-corrected chi connectivity index (χ4v) is 1.53. The van der Waals surface area contributed by atoms with Gasteiger partial charge in [-0.25, -0.2) is 4.79 Å². The van der Waals surface area contributed by atoms with E-state index >= 15 is 0 Å². The van der Waals surface area contributed by atoms with Crippen LogP contribution in [0.25, 0.3) is 0 Å². The molecule has 2 atom stereocenters. The number of aliphatic hydroxyl groups excluding tert-OH is 1. The molecule has 2 N–H and O–H groups in total. The first-order valence-electron chi connectivity index (χ1n) is 4.40. The second kappa shape index (κ2) is 4.23. The van der Waals surface area contributed by atoms with Crippen molar-refractivity contribution in [3.8, 4) is 0 Å². The van der Waals surface area contributed by atoms with Crippen molar-refractivity contribution in [2.24, 2.45) is 0 Å². The number of likely N-dealkylation sites (tertiary alicyclic amines) is 1. The van der Waals surface area contributed by atoms with Crippen LogP contribution < -0.4 is 0 Å². The van der Waals surface area contributed by atoms with Gasteiger partial charge in [-0.2, -0.15) is 0 Å². The van der Waals surface area contributed by atoms with Crippen molar-refractivity contribution >= 4 is 11.9 Å². The molecule has 14 heavy (non-hydrogen) atoms. The van der Waals surface area contributed by atoms with Gasteiger partial charge >= 0.3 is 5.97 Å². The molecule has 1 aliphatic heterocycles. The number of carbonyl (C=O) groups is 2. The monoisotopic (exact) mass is 199 g/mol. The zero-order valence-corrected chi connectivity index (χ0v) is 7.88. The molecule has 0 aromatic carbocycles. The predicted octanol–water partition coefficient (Wildman–Crippen LogP) is -0.391. The first kappa shape index (κ1) is 10.7. The highest BCUT2D eigenvalue weighted by Gasteiger charge is 2.37. The molecule has 78 valence electrons. The van der Waals surface area contributed by atoms with E-state index in [0.29, 0.717) is 0 Å². The molecule has 1 saturated heterocycles. The van der Waals surface area contributed by atoms with Crippen molar-refractivity contribution in [2.75, 3.05) is 6.54 Å². The average Bonchev–Trinajstić information content (AvgIpc) is 2.48. The quantitative estimate of drug-likeness (QED) is 0.594. The Balaban J connectivity index is 2.76. The van der Waals surface area contributed by atoms with Crippen LogP contribution in [0, 0.1) is 0 Å². The highest BCUT2D eigenvalue weighted by atomic mass is 16.4. The van der Waals surface area contributed by atoms with E-state index in [1.54, 1.807) is 13.0 Å². The van der Waals surface area contributed by atoms with E-state index in [1.165, 1.54) is 11.0 Å². The summed E-state index contributed by atoms with van der Waals surface area (Å²) in [6, 6.07) is -0.895. The molecule has 0 radical (unpaired) electrons. The summed E-state index contributed by atoms with van der Waals surface area (Å²) in [5.41, 5.74) is 0. The number of hydrogen-bond acceptors (Lipinski definition) is 3. The minimum absolute atomic E-state index is 0.0974. The first-order chi connectivity index (χ1) is 6.56. The Morgan fingerprint density at radius 3 is 2.64 bits per heavy atom. The van der Waals surface area contributed by atoms with E-state index in [9.17, 15) is 14.7 Å². The normalized spacial score (nSPS) is 27.1. The molecular weight excluding hydrogens is 186 g/mol. The van der Waals surface area contributed by atoms with Gasteiger partial charge in [0.1, 0.15) is 6.04 Å². The number of aliphatic carboxylic acids is 1. The molecule has 0 bridgehead atoms. The molecule has 5 nitrogen and oxygen atoms in total. The van der Waals surface area contributed by atoms with Gasteiger partial charge in [-0.15, -0.1) is 0 Å². The minimum Gasteiger partial charge on any atom is -0.480 e. The first-order valence-corrected chi connectivity index (χ1v) is 4.40. The van der Waals surface area contributed by atoms with Gasteiger partial charge in [-0.05, 0) is 13.0 Å². The lowest BCUT2D eigenvalue weighted by Crippen LogP contribution is -2.39. The Kier molecular flexibility index (Phi) is 3.24. The fourth-order valence-electron chi connectivity index (χ4n) is 1.53. The van der Waals surface area contributed by atoms with Gasteiger partial charge in [0.2, 0.25) is 5.91 Å². The van der Waals surface area contributed by atoms with Crippen LogP contribution in [0.4, 0.5) is 0 Å². The fraction of sp³-hybridized carbons (Fsp3) is 0.556. The maximum Gasteiger partial charge on any atom is 0.326 e. The third-order valence-electron chi connectivity index (χ3n) is 2.16. The van der Waals surface area contributed by atoms with Crippen LogP contribution in [0.15, 0.2) is 12.2 Å². The van der Waals surface area contributed by atoms with E-state index in [-0.39, 0.29) is 18.9 Å². The lowest BCUT2D eigenvalue weighted by Gasteiger charge is -2.18. The summed E-state index contributed by atoms with van der Waals surface area (Å²) in [6.07, 6.45) is 2.23. The summed E-state index contributed by atoms with van der Waals surface area (Å²) in [4.78, 5) is 23.3. The van der Waals surface area contributed by atoms with Crippen LogP contribution in [-0.2, 0) is 9.59 Å². The highest BCUT2D eigenvalue weighted by Crippen LogP contribution is 2.18. The molecule has 0 aromatic rings. The molecule has 1 fully saturated rings. The zero-order valence-electron chi connectivity index (χ0n) is 7.88. The zero-order chi connectivity index (χ0) is 10.7. The molecule has 0 aliphatic carbocycles. The molecule has 2 unspecified atom stereocenters. The van der Waals surface area contributed by atoms with Gasteiger partial charge in [0.05, 0.1) is 6.10 Å². The summed E-state index contributed by atoms with van der Waals surface area (Å²) in [6.45, 7) is 1.78. The number of nitrogens with zero attached hydrogens (tertiary/aromatic N) is 1. The Morgan fingerprint density at radius 2 is 2.14 bits per heavy atom. The van der Waals surface area contributed by atoms with Crippen LogP contribution in [0.3, 0.4) is 0 Å². The van der Waals surface area contributed by atoms with Crippen LogP contribution >= 0.6 is 0 Å². The number of carbonyl (C=O) groups excluding carboxylic acids is 1. The largest absolute Gasteiger partial charge is 0.480 e. The number of carboxylic acid groups (broad SMARTS) is 1. The van der Waals surface area contributed by atoms with Gasteiger partial charge in [0.25, 0.3) is 0 Å². The lowest BCUT2D eigenvalue weighted by atomic mass is 10.2. The number of allylic oxidation sites excluding steroid dienone is 1. The van der Waals surface area contributed by atoms with Crippen LogP contribution in [-0.4, -0.2) is 45.7 Å². The maximum atomic E-state index is 11.4. The summed E-state index contributed by atoms with van der Waals surface area (Å²) >= 11 is 0. The van der Waals surface area contributed by atoms with Crippen molar-refractivity contribution in [1.29, 1.82) is 0 Å². The molecule has 0 spiro atoms. The number of carboxylic acids is 1. The van der Waals surface area contributed by atoms with Crippen molar-refractivity contribution in [2.45, 2.75) is 25.5 Å². The molecule has 1 heterocycles. The van der Waals surface area contributed by atoms with Crippen molar-refractivity contribution < 1.29 is 19.8 Å². The Morgan fingerprint density at radius 1 is 1.50 bits per heavy atom. The van der Waals surface area contributed by atoms with Gasteiger partial charge in [-0.1, -0.05) is 6.08 Å². The second-order valence-corrected chi connectivity index (χ2v) is 3.23. The number of aliphatic hydroxyl groups is 1. The maximum absolute atomic E-state index is 11.4. The summed E-state index contributed by atoms with van der Waals surface area (Å²) in [5.74, 6) is -1.43. The number of hydrogen-bond donors (Lipinski definition) is 2. The summed E-state index contributed by atoms with van der Waals surface area (Å²) in [7, 11) is 0. The predicted molar refractivity (Wildman–Crippen MR) is 48.6 cm³/mol. The van der Waals surface area contributed by atoms with Gasteiger partial charge in [0, 0.05) is 13.0 Å².